The van der Waals surface area contributed by atoms with Gasteiger partial charge in [0.2, 0.25) is 0 Å². The first-order valence-corrected chi connectivity index (χ1v) is 42.7. The molecule has 0 radical (unpaired) electrons. The molecule has 12 nitrogen and oxygen atoms in total. The van der Waals surface area contributed by atoms with Gasteiger partial charge in [0.15, 0.2) is 0 Å². The molecule has 0 unspecified atom stereocenters. The van der Waals surface area contributed by atoms with Crippen LogP contribution in [0, 0.1) is 0 Å². The second kappa shape index (κ2) is 35.8. The van der Waals surface area contributed by atoms with Crippen molar-refractivity contribution in [3.05, 3.63) is 387 Å². The molecule has 12 aromatic carbocycles. The monoisotopic (exact) mass is 1620 g/mol. The molecule has 12 heteroatoms. The summed E-state index contributed by atoms with van der Waals surface area (Å²) in [7, 11) is 6.74. The number of nitrogens with zero attached hydrogens (tertiary/aromatic N) is 4. The van der Waals surface area contributed by atoms with Crippen LogP contribution in [0.25, 0.3) is 156 Å². The standard InChI is InChI=1S/C112H96N4O8/c1-117-73-121-109-61-63-110(64-62-109,122-74-118-2)102-51-39-90(40-52-102)86-15-7-78(8-16-86)82-23-31-94(32-24-82)98-46-58-107(114-70-98)108-60-48-100(72-116-108)96-35-27-84(28-36-96)80-11-19-88(20-12-80)92-43-55-104(56-44-92)112(124-76-120-4)67-65-111(66-68-112,123-75-119-3)103-53-41-91(42-54-103)87-17-9-79(10-18-87)83-25-33-95(34-26-83)99-47-59-106(115-71-99)105-57-45-97(69-113-105)93-29-21-81(22-30-93)77-5-13-85(14-6-77)89-37-49-101(109)50-38-89/h5-60,69-72H,61-68,73-76H2,1-4H3. The lowest BCUT2D eigenvalue weighted by Crippen LogP contribution is -2.43. The summed E-state index contributed by atoms with van der Waals surface area (Å²) in [6.45, 7) is 0.716. The molecule has 0 spiro atoms. The molecule has 10 heterocycles. The van der Waals surface area contributed by atoms with E-state index in [-0.39, 0.29) is 27.2 Å². The summed E-state index contributed by atoms with van der Waals surface area (Å²) in [4.78, 5) is 19.6. The van der Waals surface area contributed by atoms with E-state index in [9.17, 15) is 0 Å². The van der Waals surface area contributed by atoms with E-state index in [1.54, 1.807) is 28.4 Å². The number of benzene rings is 12. The number of hydrogen-bond donors (Lipinski definition) is 0. The second-order valence-corrected chi connectivity index (χ2v) is 32.8. The Morgan fingerprint density at radius 2 is 0.274 bits per heavy atom. The summed E-state index contributed by atoms with van der Waals surface area (Å²) < 4.78 is 49.3. The number of pyridine rings is 4. The van der Waals surface area contributed by atoms with Crippen molar-refractivity contribution in [2.75, 3.05) is 55.6 Å². The van der Waals surface area contributed by atoms with Crippen LogP contribution in [-0.4, -0.2) is 75.5 Å². The summed E-state index contributed by atoms with van der Waals surface area (Å²) in [6.07, 6.45) is 13.6. The maximum atomic E-state index is 6.74. The molecule has 2 fully saturated rings. The van der Waals surface area contributed by atoms with E-state index in [2.05, 4.69) is 340 Å². The Bertz CT molecular complexity index is 5480. The Hall–Kier alpha value is -13.1. The molecule has 36 bridgehead atoms. The predicted molar refractivity (Wildman–Crippen MR) is 496 cm³/mol. The van der Waals surface area contributed by atoms with E-state index in [1.165, 1.54) is 0 Å². The second-order valence-electron chi connectivity index (χ2n) is 32.8. The summed E-state index contributed by atoms with van der Waals surface area (Å²) in [5.74, 6) is 0. The van der Waals surface area contributed by atoms with Crippen LogP contribution < -0.4 is 0 Å². The molecule has 612 valence electrons. The Labute approximate surface area is 725 Å². The number of ether oxygens (including phenoxy) is 8. The van der Waals surface area contributed by atoms with E-state index in [4.69, 9.17) is 57.8 Å². The third kappa shape index (κ3) is 16.8. The van der Waals surface area contributed by atoms with E-state index in [0.29, 0.717) is 0 Å². The number of rotatable bonds is 12. The van der Waals surface area contributed by atoms with Crippen LogP contribution in [0.1, 0.15) is 73.6 Å². The fourth-order valence-electron chi connectivity index (χ4n) is 18.4. The van der Waals surface area contributed by atoms with Crippen LogP contribution in [0.5, 0.6) is 0 Å². The molecule has 4 aromatic heterocycles. The minimum atomic E-state index is -0.571. The van der Waals surface area contributed by atoms with Crippen molar-refractivity contribution in [1.82, 2.24) is 19.9 Å². The van der Waals surface area contributed by atoms with E-state index in [0.717, 1.165) is 230 Å². The summed E-state index contributed by atoms with van der Waals surface area (Å²) in [6, 6.07) is 122. The summed E-state index contributed by atoms with van der Waals surface area (Å²) in [5, 5.41) is 0. The van der Waals surface area contributed by atoms with E-state index in [1.807, 2.05) is 24.8 Å². The first kappa shape index (κ1) is 80.6. The van der Waals surface area contributed by atoms with E-state index < -0.39 is 22.4 Å². The highest BCUT2D eigenvalue weighted by molar-refractivity contribution is 5.80. The third-order valence-corrected chi connectivity index (χ3v) is 25.8. The molecule has 16 aromatic rings. The fraction of sp³-hybridized carbons (Fsp3) is 0.179. The SMILES string of the molecule is COCOC12CCC(OCOC)(CC1)c1ccc(cc1)-c1ccc(cc1)-c1ccc(cc1)-c1ccc(nc1)-c1ccc(cn1)-c1ccc(cc1)-c1ccc(cc1)-c1ccc(cc1)C1(OCOC)CCC(OCOC)(CC1)c1ccc(cc1)-c1ccc(cc1)-c1ccc(cc1)-c1ccc(nc1)-c1ccc(cn1)-c1ccc(cc1)-c1ccc(cc1)-c1ccc2cc1. The zero-order valence-electron chi connectivity index (χ0n) is 70.2. The van der Waals surface area contributed by atoms with Crippen molar-refractivity contribution in [2.45, 2.75) is 73.8 Å². The van der Waals surface area contributed by atoms with E-state index >= 15 is 0 Å². The topological polar surface area (TPSA) is 125 Å². The molecule has 2 saturated carbocycles. The molecule has 24 aliphatic carbocycles. The normalized spacial score (nSPS) is 17.8. The van der Waals surface area contributed by atoms with Gasteiger partial charge in [0.25, 0.3) is 0 Å². The molecule has 6 aliphatic heterocycles. The van der Waals surface area contributed by atoms with Gasteiger partial charge in [-0.25, -0.2) is 0 Å². The van der Waals surface area contributed by atoms with Crippen LogP contribution in [0.15, 0.2) is 365 Å². The molecule has 30 aliphatic rings. The van der Waals surface area contributed by atoms with Gasteiger partial charge in [-0.15, -0.1) is 0 Å². The van der Waals surface area contributed by atoms with Crippen LogP contribution in [0.2, 0.25) is 0 Å². The third-order valence-electron chi connectivity index (χ3n) is 25.8. The Kier molecular flexibility index (Phi) is 23.3. The minimum Gasteiger partial charge on any atom is -0.359 e. The molecule has 0 saturated heterocycles. The first-order chi connectivity index (χ1) is 61.0. The number of aromatic nitrogens is 4. The van der Waals surface area contributed by atoms with Crippen LogP contribution >= 0.6 is 0 Å². The maximum Gasteiger partial charge on any atom is 0.147 e. The first-order valence-electron chi connectivity index (χ1n) is 42.7. The molecule has 0 N–H and O–H groups in total. The highest BCUT2D eigenvalue weighted by Gasteiger charge is 2.48. The van der Waals surface area contributed by atoms with Gasteiger partial charge in [-0.2, -0.15) is 0 Å². The van der Waals surface area contributed by atoms with Gasteiger partial charge >= 0.3 is 0 Å². The molecule has 0 amide bonds. The molecular formula is C112H96N4O8. The Morgan fingerprint density at radius 3 is 0.387 bits per heavy atom. The zero-order valence-corrected chi connectivity index (χ0v) is 70.2. The lowest BCUT2D eigenvalue weighted by atomic mass is 9.70. The Balaban J connectivity index is 0.560. The maximum absolute atomic E-state index is 6.74. The lowest BCUT2D eigenvalue weighted by Gasteiger charge is -2.46. The van der Waals surface area contributed by atoms with Crippen LogP contribution in [-0.2, 0) is 60.3 Å². The van der Waals surface area contributed by atoms with Crippen molar-refractivity contribution in [1.29, 1.82) is 0 Å². The van der Waals surface area contributed by atoms with Crippen LogP contribution in [0.3, 0.4) is 0 Å². The van der Waals surface area contributed by atoms with Crippen molar-refractivity contribution >= 4 is 0 Å². The summed E-state index contributed by atoms with van der Waals surface area (Å²) >= 11 is 0. The average Bonchev–Trinajstić information content (AvgIpc) is 0.758. The van der Waals surface area contributed by atoms with Crippen molar-refractivity contribution < 1.29 is 37.9 Å². The molecule has 0 atom stereocenters. The molecular weight excluding hydrogens is 1530 g/mol. The van der Waals surface area contributed by atoms with Gasteiger partial charge < -0.3 is 37.9 Å². The van der Waals surface area contributed by atoms with Crippen molar-refractivity contribution in [2.24, 2.45) is 0 Å². The van der Waals surface area contributed by atoms with Gasteiger partial charge in [-0.3, -0.25) is 19.9 Å². The van der Waals surface area contributed by atoms with Crippen LogP contribution in [0.4, 0.5) is 0 Å². The van der Waals surface area contributed by atoms with Gasteiger partial charge in [0, 0.05) is 75.5 Å². The van der Waals surface area contributed by atoms with Gasteiger partial charge in [0.05, 0.1) is 45.2 Å². The highest BCUT2D eigenvalue weighted by Crippen LogP contribution is 2.53. The number of hydrogen-bond acceptors (Lipinski definition) is 12. The lowest BCUT2D eigenvalue weighted by molar-refractivity contribution is -0.203. The van der Waals surface area contributed by atoms with Gasteiger partial charge in [0.1, 0.15) is 27.2 Å². The highest BCUT2D eigenvalue weighted by atomic mass is 16.7. The average molecular weight is 1630 g/mol. The van der Waals surface area contributed by atoms with Gasteiger partial charge in [-0.1, -0.05) is 315 Å². The Morgan fingerprint density at radius 1 is 0.161 bits per heavy atom. The molecule has 124 heavy (non-hydrogen) atoms. The smallest absolute Gasteiger partial charge is 0.147 e. The van der Waals surface area contributed by atoms with Crippen molar-refractivity contribution in [3.63, 3.8) is 0 Å². The quantitative estimate of drug-likeness (QED) is 0.108. The largest absolute Gasteiger partial charge is 0.359 e. The summed E-state index contributed by atoms with van der Waals surface area (Å²) in [5.41, 5.74) is 32.2. The minimum absolute atomic E-state index is 0.179. The fourth-order valence-corrected chi connectivity index (χ4v) is 18.4. The zero-order chi connectivity index (χ0) is 83.9. The van der Waals surface area contributed by atoms with Crippen molar-refractivity contribution in [3.8, 4) is 156 Å². The number of methoxy groups -OCH3 is 4. The predicted octanol–water partition coefficient (Wildman–Crippen LogP) is 26.7. The molecule has 46 rings (SSSR count). The van der Waals surface area contributed by atoms with Gasteiger partial charge in [-0.05, 0) is 209 Å².